The highest BCUT2D eigenvalue weighted by Crippen LogP contribution is 2.33. The van der Waals surface area contributed by atoms with Gasteiger partial charge < -0.3 is 0 Å². The van der Waals surface area contributed by atoms with Crippen molar-refractivity contribution in [1.29, 1.82) is 0 Å². The number of halogens is 4. The van der Waals surface area contributed by atoms with E-state index in [0.29, 0.717) is 10.7 Å². The Morgan fingerprint density at radius 3 is 2.57 bits per heavy atom. The van der Waals surface area contributed by atoms with E-state index in [4.69, 9.17) is 11.6 Å². The van der Waals surface area contributed by atoms with Crippen LogP contribution >= 0.6 is 11.6 Å². The predicted octanol–water partition coefficient (Wildman–Crippen LogP) is 4.69. The molecule has 6 heteroatoms. The molecule has 1 aromatic heterocycles. The third-order valence-electron chi connectivity index (χ3n) is 3.58. The normalized spacial score (nSPS) is 14.9. The maximum absolute atomic E-state index is 12.8. The number of fused-ring (bicyclic) bond motifs is 1. The van der Waals surface area contributed by atoms with Crippen molar-refractivity contribution in [3.05, 3.63) is 46.2 Å². The van der Waals surface area contributed by atoms with Crippen LogP contribution in [-0.4, -0.2) is 9.97 Å². The van der Waals surface area contributed by atoms with Crippen molar-refractivity contribution in [2.24, 2.45) is 0 Å². The average molecular weight is 313 g/mol. The van der Waals surface area contributed by atoms with Crippen LogP contribution in [0.25, 0.3) is 11.4 Å². The molecule has 0 atom stereocenters. The summed E-state index contributed by atoms with van der Waals surface area (Å²) in [5.41, 5.74) is 1.41. The molecule has 1 aliphatic carbocycles. The SMILES string of the molecule is FC(F)(F)c1cccc(-c2nc(Cl)c3c(n2)CCCC3)c1. The van der Waals surface area contributed by atoms with Gasteiger partial charge in [-0.2, -0.15) is 13.2 Å². The quantitative estimate of drug-likeness (QED) is 0.714. The van der Waals surface area contributed by atoms with Gasteiger partial charge in [-0.05, 0) is 37.8 Å². The van der Waals surface area contributed by atoms with Gasteiger partial charge in [-0.15, -0.1) is 0 Å². The zero-order valence-corrected chi connectivity index (χ0v) is 11.8. The van der Waals surface area contributed by atoms with Crippen LogP contribution in [0.1, 0.15) is 29.7 Å². The summed E-state index contributed by atoms with van der Waals surface area (Å²) >= 11 is 6.15. The van der Waals surface area contributed by atoms with Gasteiger partial charge in [0.05, 0.1) is 5.56 Å². The molecule has 0 bridgehead atoms. The van der Waals surface area contributed by atoms with Crippen molar-refractivity contribution >= 4 is 11.6 Å². The van der Waals surface area contributed by atoms with Gasteiger partial charge in [-0.3, -0.25) is 0 Å². The molecule has 1 aliphatic rings. The summed E-state index contributed by atoms with van der Waals surface area (Å²) in [7, 11) is 0. The second kappa shape index (κ2) is 5.30. The molecule has 1 aromatic carbocycles. The lowest BCUT2D eigenvalue weighted by Crippen LogP contribution is -2.09. The van der Waals surface area contributed by atoms with Crippen LogP contribution in [0, 0.1) is 0 Å². The minimum Gasteiger partial charge on any atom is -0.233 e. The smallest absolute Gasteiger partial charge is 0.233 e. The van der Waals surface area contributed by atoms with Gasteiger partial charge in [0, 0.05) is 16.8 Å². The van der Waals surface area contributed by atoms with Crippen molar-refractivity contribution in [3.63, 3.8) is 0 Å². The lowest BCUT2D eigenvalue weighted by molar-refractivity contribution is -0.137. The van der Waals surface area contributed by atoms with Crippen LogP contribution in [-0.2, 0) is 19.0 Å². The zero-order valence-electron chi connectivity index (χ0n) is 11.0. The predicted molar refractivity (Wildman–Crippen MR) is 74.1 cm³/mol. The molecule has 0 amide bonds. The summed E-state index contributed by atoms with van der Waals surface area (Å²) in [5, 5.41) is 0.354. The summed E-state index contributed by atoms with van der Waals surface area (Å²) in [4.78, 5) is 8.57. The van der Waals surface area contributed by atoms with Crippen LogP contribution in [0.4, 0.5) is 13.2 Å². The second-order valence-electron chi connectivity index (χ2n) is 5.05. The molecule has 0 radical (unpaired) electrons. The van der Waals surface area contributed by atoms with E-state index < -0.39 is 11.7 Å². The first-order valence-electron chi connectivity index (χ1n) is 6.68. The van der Waals surface area contributed by atoms with E-state index in [2.05, 4.69) is 9.97 Å². The second-order valence-corrected chi connectivity index (χ2v) is 5.41. The molecule has 3 rings (SSSR count). The summed E-state index contributed by atoms with van der Waals surface area (Å²) in [6, 6.07) is 5.01. The molecular weight excluding hydrogens is 301 g/mol. The third-order valence-corrected chi connectivity index (χ3v) is 3.89. The number of rotatable bonds is 1. The summed E-state index contributed by atoms with van der Waals surface area (Å²) < 4.78 is 38.3. The van der Waals surface area contributed by atoms with Gasteiger partial charge in [-0.25, -0.2) is 9.97 Å². The highest BCUT2D eigenvalue weighted by molar-refractivity contribution is 6.30. The number of alkyl halides is 3. The fourth-order valence-electron chi connectivity index (χ4n) is 2.51. The number of nitrogens with zero attached hydrogens (tertiary/aromatic N) is 2. The van der Waals surface area contributed by atoms with E-state index in [1.165, 1.54) is 6.07 Å². The Morgan fingerprint density at radius 1 is 1.05 bits per heavy atom. The van der Waals surface area contributed by atoms with Crippen molar-refractivity contribution in [3.8, 4) is 11.4 Å². The van der Waals surface area contributed by atoms with E-state index in [-0.39, 0.29) is 5.82 Å². The first-order chi connectivity index (χ1) is 9.95. The minimum atomic E-state index is -4.38. The van der Waals surface area contributed by atoms with E-state index in [9.17, 15) is 13.2 Å². The van der Waals surface area contributed by atoms with Crippen molar-refractivity contribution in [1.82, 2.24) is 9.97 Å². The summed E-state index contributed by atoms with van der Waals surface area (Å²) in [5.74, 6) is 0.256. The Labute approximate surface area is 125 Å². The van der Waals surface area contributed by atoms with Crippen LogP contribution < -0.4 is 0 Å². The van der Waals surface area contributed by atoms with E-state index >= 15 is 0 Å². The Hall–Kier alpha value is -1.62. The molecule has 110 valence electrons. The van der Waals surface area contributed by atoms with E-state index in [0.717, 1.165) is 49.1 Å². The molecule has 0 N–H and O–H groups in total. The molecule has 0 aliphatic heterocycles. The molecule has 0 spiro atoms. The Balaban J connectivity index is 2.07. The number of aryl methyl sites for hydroxylation is 1. The van der Waals surface area contributed by atoms with Gasteiger partial charge in [0.2, 0.25) is 0 Å². The number of benzene rings is 1. The lowest BCUT2D eigenvalue weighted by Gasteiger charge is -2.16. The van der Waals surface area contributed by atoms with Crippen LogP contribution in [0.5, 0.6) is 0 Å². The lowest BCUT2D eigenvalue weighted by atomic mass is 9.97. The largest absolute Gasteiger partial charge is 0.416 e. The maximum atomic E-state index is 12.8. The molecule has 0 fully saturated rings. The minimum absolute atomic E-state index is 0.256. The van der Waals surface area contributed by atoms with Gasteiger partial charge in [0.15, 0.2) is 5.82 Å². The number of hydrogen-bond acceptors (Lipinski definition) is 2. The Kier molecular flexibility index (Phi) is 3.61. The highest BCUT2D eigenvalue weighted by atomic mass is 35.5. The van der Waals surface area contributed by atoms with Gasteiger partial charge >= 0.3 is 6.18 Å². The van der Waals surface area contributed by atoms with Gasteiger partial charge in [0.1, 0.15) is 5.15 Å². The van der Waals surface area contributed by atoms with E-state index in [1.54, 1.807) is 6.07 Å². The number of aromatic nitrogens is 2. The van der Waals surface area contributed by atoms with Gasteiger partial charge in [0.25, 0.3) is 0 Å². The first kappa shape index (κ1) is 14.3. The summed E-state index contributed by atoms with van der Waals surface area (Å²) in [6.45, 7) is 0. The molecular formula is C15H12ClF3N2. The van der Waals surface area contributed by atoms with E-state index in [1.807, 2.05) is 0 Å². The fraction of sp³-hybridized carbons (Fsp3) is 0.333. The molecule has 0 saturated heterocycles. The molecule has 2 aromatic rings. The fourth-order valence-corrected chi connectivity index (χ4v) is 2.80. The number of hydrogen-bond donors (Lipinski definition) is 0. The van der Waals surface area contributed by atoms with Crippen LogP contribution in [0.15, 0.2) is 24.3 Å². The monoisotopic (exact) mass is 312 g/mol. The highest BCUT2D eigenvalue weighted by Gasteiger charge is 2.30. The third kappa shape index (κ3) is 2.88. The van der Waals surface area contributed by atoms with Crippen molar-refractivity contribution in [2.45, 2.75) is 31.9 Å². The molecule has 2 nitrogen and oxygen atoms in total. The molecule has 21 heavy (non-hydrogen) atoms. The first-order valence-corrected chi connectivity index (χ1v) is 7.06. The topological polar surface area (TPSA) is 25.8 Å². The Bertz CT molecular complexity index is 683. The average Bonchev–Trinajstić information content (AvgIpc) is 2.46. The molecule has 0 saturated carbocycles. The Morgan fingerprint density at radius 2 is 1.81 bits per heavy atom. The standard InChI is InChI=1S/C15H12ClF3N2/c16-13-11-6-1-2-7-12(11)20-14(21-13)9-4-3-5-10(8-9)15(17,18)19/h3-5,8H,1-2,6-7H2. The maximum Gasteiger partial charge on any atom is 0.416 e. The molecule has 1 heterocycles. The van der Waals surface area contributed by atoms with Gasteiger partial charge in [-0.1, -0.05) is 23.7 Å². The molecule has 0 unspecified atom stereocenters. The van der Waals surface area contributed by atoms with Crippen LogP contribution in [0.3, 0.4) is 0 Å². The van der Waals surface area contributed by atoms with Crippen molar-refractivity contribution < 1.29 is 13.2 Å². The van der Waals surface area contributed by atoms with Crippen LogP contribution in [0.2, 0.25) is 5.15 Å². The summed E-state index contributed by atoms with van der Waals surface area (Å²) in [6.07, 6.45) is -0.698. The zero-order chi connectivity index (χ0) is 15.0. The van der Waals surface area contributed by atoms with Crippen molar-refractivity contribution in [2.75, 3.05) is 0 Å².